The molecule has 2 aromatic heterocycles. The van der Waals surface area contributed by atoms with E-state index in [1.165, 1.54) is 15.3 Å². The highest BCUT2D eigenvalue weighted by atomic mass is 35.5. The Morgan fingerprint density at radius 3 is 2.93 bits per heavy atom. The smallest absolute Gasteiger partial charge is 0.191 e. The van der Waals surface area contributed by atoms with Crippen LogP contribution in [0.2, 0.25) is 5.02 Å². The van der Waals surface area contributed by atoms with Gasteiger partial charge in [0, 0.05) is 42.3 Å². The number of aromatic nitrogens is 2. The van der Waals surface area contributed by atoms with E-state index in [0.717, 1.165) is 38.5 Å². The van der Waals surface area contributed by atoms with E-state index < -0.39 is 0 Å². The second-order valence-electron chi connectivity index (χ2n) is 6.27. The summed E-state index contributed by atoms with van der Waals surface area (Å²) in [6.45, 7) is 5.37. The number of nitrogens with one attached hydrogen (secondary N) is 1. The summed E-state index contributed by atoms with van der Waals surface area (Å²) >= 11 is 9.31. The van der Waals surface area contributed by atoms with E-state index in [1.807, 2.05) is 30.3 Å². The molecule has 1 aromatic carbocycles. The molecule has 0 saturated carbocycles. The summed E-state index contributed by atoms with van der Waals surface area (Å²) in [5, 5.41) is 7.25. The molecule has 3 heterocycles. The summed E-state index contributed by atoms with van der Waals surface area (Å²) in [7, 11) is 2.08. The third-order valence-corrected chi connectivity index (χ3v) is 6.42. The highest BCUT2D eigenvalue weighted by Crippen LogP contribution is 2.26. The normalized spacial score (nSPS) is 13.0. The summed E-state index contributed by atoms with van der Waals surface area (Å²) in [4.78, 5) is 12.8. The number of fused-ring (bicyclic) bond motifs is 3. The Bertz CT molecular complexity index is 1110. The first kappa shape index (κ1) is 18.3. The number of rotatable bonds is 6. The molecule has 7 heteroatoms. The molecular weight excluding hydrogens is 396 g/mol. The van der Waals surface area contributed by atoms with Crippen molar-refractivity contribution >= 4 is 63.0 Å². The molecule has 3 aromatic rings. The zero-order valence-electron chi connectivity index (χ0n) is 14.9. The maximum atomic E-state index is 5.97. The van der Waals surface area contributed by atoms with Crippen LogP contribution in [0.3, 0.4) is 0 Å². The molecule has 4 rings (SSSR count). The fraction of sp³-hybridized carbons (Fsp3) is 0.200. The van der Waals surface area contributed by atoms with Crippen molar-refractivity contribution in [3.05, 3.63) is 57.3 Å². The summed E-state index contributed by atoms with van der Waals surface area (Å²) in [5.41, 5.74) is 1.20. The Balaban J connectivity index is 1.72. The summed E-state index contributed by atoms with van der Waals surface area (Å²) < 4.78 is 1.23. The van der Waals surface area contributed by atoms with Gasteiger partial charge in [0.1, 0.15) is 10.6 Å². The number of halogens is 1. The first-order valence-corrected chi connectivity index (χ1v) is 10.8. The first-order valence-electron chi connectivity index (χ1n) is 8.59. The van der Waals surface area contributed by atoms with Gasteiger partial charge >= 0.3 is 0 Å². The highest BCUT2D eigenvalue weighted by Gasteiger charge is 2.14. The number of nitrogens with zero attached hydrogens (tertiary/aromatic N) is 3. The first-order chi connectivity index (χ1) is 13.1. The maximum Gasteiger partial charge on any atom is 0.191 e. The Labute approximate surface area is 171 Å². The van der Waals surface area contributed by atoms with Gasteiger partial charge in [0.25, 0.3) is 0 Å². The second kappa shape index (κ2) is 7.92. The minimum atomic E-state index is 0.668. The van der Waals surface area contributed by atoms with Gasteiger partial charge in [-0.3, -0.25) is 0 Å². The van der Waals surface area contributed by atoms with Crippen molar-refractivity contribution in [2.45, 2.75) is 10.9 Å². The third kappa shape index (κ3) is 3.98. The summed E-state index contributed by atoms with van der Waals surface area (Å²) in [6.07, 6.45) is 6.27. The molecule has 0 unspecified atom stereocenters. The quantitative estimate of drug-likeness (QED) is 0.378. The molecule has 0 bridgehead atoms. The lowest BCUT2D eigenvalue weighted by Gasteiger charge is -2.13. The molecule has 1 aliphatic rings. The fourth-order valence-corrected chi connectivity index (χ4v) is 5.06. The average Bonchev–Trinajstić information content (AvgIpc) is 3.03. The molecule has 0 radical (unpaired) electrons. The third-order valence-electron chi connectivity index (χ3n) is 4.21. The Morgan fingerprint density at radius 1 is 1.33 bits per heavy atom. The lowest BCUT2D eigenvalue weighted by atomic mass is 10.2. The molecule has 1 aliphatic heterocycles. The molecule has 27 heavy (non-hydrogen) atoms. The van der Waals surface area contributed by atoms with Crippen LogP contribution >= 0.6 is 34.7 Å². The van der Waals surface area contributed by atoms with Crippen LogP contribution < -0.4 is 15.1 Å². The largest absolute Gasteiger partial charge is 0.376 e. The van der Waals surface area contributed by atoms with Crippen molar-refractivity contribution in [1.29, 1.82) is 0 Å². The van der Waals surface area contributed by atoms with Crippen molar-refractivity contribution in [1.82, 2.24) is 14.9 Å². The molecule has 0 amide bonds. The molecule has 0 fully saturated rings. The van der Waals surface area contributed by atoms with E-state index in [1.54, 1.807) is 23.1 Å². The van der Waals surface area contributed by atoms with Crippen LogP contribution in [-0.4, -0.2) is 35.0 Å². The Morgan fingerprint density at radius 2 is 2.15 bits per heavy atom. The lowest BCUT2D eigenvalue weighted by Crippen LogP contribution is -2.30. The van der Waals surface area contributed by atoms with Gasteiger partial charge in [-0.2, -0.15) is 0 Å². The van der Waals surface area contributed by atoms with Crippen LogP contribution in [0.15, 0.2) is 42.1 Å². The average molecular weight is 415 g/mol. The highest BCUT2D eigenvalue weighted by molar-refractivity contribution is 7.98. The molecule has 0 atom stereocenters. The predicted octanol–water partition coefficient (Wildman–Crippen LogP) is 3.70. The molecule has 0 spiro atoms. The summed E-state index contributed by atoms with van der Waals surface area (Å²) in [5.74, 6) is 1.68. The van der Waals surface area contributed by atoms with Crippen LogP contribution in [-0.2, 0) is 5.75 Å². The Kier molecular flexibility index (Phi) is 5.38. The lowest BCUT2D eigenvalue weighted by molar-refractivity contribution is 0.565. The van der Waals surface area contributed by atoms with Gasteiger partial charge in [-0.15, -0.1) is 17.9 Å². The zero-order chi connectivity index (χ0) is 18.8. The number of thioether (sulfide) groups is 1. The van der Waals surface area contributed by atoms with Gasteiger partial charge < -0.3 is 10.2 Å². The second-order valence-corrected chi connectivity index (χ2v) is 8.68. The maximum absolute atomic E-state index is 5.97. The molecule has 4 nitrogen and oxygen atoms in total. The minimum absolute atomic E-state index is 0.668. The van der Waals surface area contributed by atoms with Crippen LogP contribution in [0.25, 0.3) is 22.5 Å². The predicted molar refractivity (Wildman–Crippen MR) is 118 cm³/mol. The molecule has 1 N–H and O–H groups in total. The molecule has 0 aliphatic carbocycles. The number of thiophene rings is 1. The number of hydrogen-bond donors (Lipinski definition) is 1. The number of hydrogen-bond acceptors (Lipinski definition) is 6. The van der Waals surface area contributed by atoms with Crippen LogP contribution in [0, 0.1) is 0 Å². The SMILES string of the molecule is C=CCNc1nc(SCc2ccc(Cl)cc2)nc2sc3c(c12)=CCN(C)C=3. The van der Waals surface area contributed by atoms with Crippen molar-refractivity contribution in [3.8, 4) is 0 Å². The summed E-state index contributed by atoms with van der Waals surface area (Å²) in [6, 6.07) is 7.89. The number of anilines is 1. The Hall–Kier alpha value is -2.02. The van der Waals surface area contributed by atoms with E-state index in [0.29, 0.717) is 6.54 Å². The van der Waals surface area contributed by atoms with Crippen molar-refractivity contribution < 1.29 is 0 Å². The van der Waals surface area contributed by atoms with E-state index in [9.17, 15) is 0 Å². The van der Waals surface area contributed by atoms with E-state index in [4.69, 9.17) is 21.6 Å². The fourth-order valence-electron chi connectivity index (χ4n) is 2.90. The van der Waals surface area contributed by atoms with Crippen molar-refractivity contribution in [2.24, 2.45) is 0 Å². The van der Waals surface area contributed by atoms with E-state index in [-0.39, 0.29) is 0 Å². The van der Waals surface area contributed by atoms with E-state index >= 15 is 0 Å². The van der Waals surface area contributed by atoms with Gasteiger partial charge in [0.05, 0.1) is 9.92 Å². The van der Waals surface area contributed by atoms with Crippen LogP contribution in [0.1, 0.15) is 5.56 Å². The van der Waals surface area contributed by atoms with Crippen LogP contribution in [0.4, 0.5) is 5.82 Å². The molecule has 138 valence electrons. The van der Waals surface area contributed by atoms with Gasteiger partial charge in [-0.1, -0.05) is 47.6 Å². The minimum Gasteiger partial charge on any atom is -0.376 e. The van der Waals surface area contributed by atoms with Gasteiger partial charge in [-0.05, 0) is 17.7 Å². The van der Waals surface area contributed by atoms with E-state index in [2.05, 4.69) is 36.1 Å². The topological polar surface area (TPSA) is 41.1 Å². The van der Waals surface area contributed by atoms with Gasteiger partial charge in [0.2, 0.25) is 0 Å². The monoisotopic (exact) mass is 414 g/mol. The molecular formula is C20H19ClN4S2. The van der Waals surface area contributed by atoms with Gasteiger partial charge in [0.15, 0.2) is 5.16 Å². The standard InChI is InChI=1S/C20H19ClN4S2/c1-3-9-22-18-17-15-8-10-25(2)11-16(15)27-19(17)24-20(23-18)26-12-13-4-6-14(21)7-5-13/h3-8,11H,1,9-10,12H2,2H3,(H,22,23,24). The van der Waals surface area contributed by atoms with Gasteiger partial charge in [-0.25, -0.2) is 9.97 Å². The van der Waals surface area contributed by atoms with Crippen molar-refractivity contribution in [3.63, 3.8) is 0 Å². The van der Waals surface area contributed by atoms with Crippen LogP contribution in [0.5, 0.6) is 0 Å². The number of benzene rings is 1. The van der Waals surface area contributed by atoms with Crippen molar-refractivity contribution in [2.75, 3.05) is 25.5 Å². The zero-order valence-corrected chi connectivity index (χ0v) is 17.3. The molecule has 0 saturated heterocycles.